The fourth-order valence-corrected chi connectivity index (χ4v) is 2.98. The molecule has 0 radical (unpaired) electrons. The number of H-pyrrole nitrogens is 1. The fraction of sp³-hybridized carbons (Fsp3) is 0.667. The molecule has 128 valence electrons. The highest BCUT2D eigenvalue weighted by Crippen LogP contribution is 2.10. The molecule has 23 heavy (non-hydrogen) atoms. The minimum absolute atomic E-state index is 0.114. The molecule has 2 rings (SSSR count). The zero-order chi connectivity index (χ0) is 16.5. The van der Waals surface area contributed by atoms with Crippen molar-refractivity contribution in [2.24, 2.45) is 0 Å². The van der Waals surface area contributed by atoms with Gasteiger partial charge in [-0.25, -0.2) is 0 Å². The number of aryl methyl sites for hydroxylation is 1. The van der Waals surface area contributed by atoms with Crippen molar-refractivity contribution in [3.05, 3.63) is 28.2 Å². The molecule has 0 spiro atoms. The first-order chi connectivity index (χ1) is 11.2. The van der Waals surface area contributed by atoms with Crippen LogP contribution in [0, 0.1) is 0 Å². The van der Waals surface area contributed by atoms with Gasteiger partial charge >= 0.3 is 0 Å². The Morgan fingerprint density at radius 1 is 1.22 bits per heavy atom. The Morgan fingerprint density at radius 3 is 2.70 bits per heavy atom. The second-order valence-electron chi connectivity index (χ2n) is 6.38. The summed E-state index contributed by atoms with van der Waals surface area (Å²) in [5.41, 5.74) is 1.08. The molecule has 0 bridgehead atoms. The normalized spacial score (nSPS) is 17.3. The van der Waals surface area contributed by atoms with E-state index in [1.807, 2.05) is 6.07 Å². The SMILES string of the molecule is CCCCCCCCc1ccc(NC(=O)C2CCCN2)c(=O)[nH]1. The predicted octanol–water partition coefficient (Wildman–Crippen LogP) is 2.97. The zero-order valence-electron chi connectivity index (χ0n) is 14.1. The summed E-state index contributed by atoms with van der Waals surface area (Å²) < 4.78 is 0. The second kappa shape index (κ2) is 9.50. The summed E-state index contributed by atoms with van der Waals surface area (Å²) in [6.45, 7) is 3.08. The van der Waals surface area contributed by atoms with Crippen molar-refractivity contribution in [1.82, 2.24) is 10.3 Å². The number of hydrogen-bond acceptors (Lipinski definition) is 3. The van der Waals surface area contributed by atoms with Crippen LogP contribution in [0.25, 0.3) is 0 Å². The summed E-state index contributed by atoms with van der Waals surface area (Å²) in [6, 6.07) is 3.46. The number of amides is 1. The van der Waals surface area contributed by atoms with Crippen molar-refractivity contribution < 1.29 is 4.79 Å². The third-order valence-corrected chi connectivity index (χ3v) is 4.40. The number of rotatable bonds is 9. The largest absolute Gasteiger partial charge is 0.324 e. The van der Waals surface area contributed by atoms with E-state index in [0.29, 0.717) is 5.69 Å². The van der Waals surface area contributed by atoms with Gasteiger partial charge in [0.25, 0.3) is 5.56 Å². The number of aromatic nitrogens is 1. The van der Waals surface area contributed by atoms with Crippen LogP contribution in [-0.4, -0.2) is 23.5 Å². The highest BCUT2D eigenvalue weighted by Gasteiger charge is 2.22. The van der Waals surface area contributed by atoms with Gasteiger partial charge in [0.15, 0.2) is 0 Å². The first-order valence-electron chi connectivity index (χ1n) is 8.97. The molecule has 1 saturated heterocycles. The van der Waals surface area contributed by atoms with Crippen LogP contribution in [0.4, 0.5) is 5.69 Å². The van der Waals surface area contributed by atoms with Crippen molar-refractivity contribution in [1.29, 1.82) is 0 Å². The molecule has 0 saturated carbocycles. The smallest absolute Gasteiger partial charge is 0.271 e. The maximum Gasteiger partial charge on any atom is 0.271 e. The molecule has 3 N–H and O–H groups in total. The molecule has 0 aliphatic carbocycles. The number of carbonyl (C=O) groups excluding carboxylic acids is 1. The minimum Gasteiger partial charge on any atom is -0.324 e. The topological polar surface area (TPSA) is 74.0 Å². The maximum absolute atomic E-state index is 12.1. The molecule has 1 amide bonds. The molecule has 1 atom stereocenters. The number of unbranched alkanes of at least 4 members (excludes halogenated alkanes) is 5. The first kappa shape index (κ1) is 17.7. The van der Waals surface area contributed by atoms with Gasteiger partial charge in [0.1, 0.15) is 5.69 Å². The molecule has 1 fully saturated rings. The first-order valence-corrected chi connectivity index (χ1v) is 8.97. The van der Waals surface area contributed by atoms with Crippen LogP contribution in [0.1, 0.15) is 64.0 Å². The lowest BCUT2D eigenvalue weighted by Crippen LogP contribution is -2.36. The summed E-state index contributed by atoms with van der Waals surface area (Å²) >= 11 is 0. The van der Waals surface area contributed by atoms with Crippen molar-refractivity contribution >= 4 is 11.6 Å². The van der Waals surface area contributed by atoms with E-state index in [1.165, 1.54) is 32.1 Å². The molecular formula is C18H29N3O2. The predicted molar refractivity (Wildman–Crippen MR) is 93.8 cm³/mol. The number of aromatic amines is 1. The standard InChI is InChI=1S/C18H29N3O2/c1-2-3-4-5-6-7-9-14-11-12-16(18(23)20-14)21-17(22)15-10-8-13-19-15/h11-12,15,19H,2-10,13H2,1H3,(H,20,23)(H,21,22). The maximum atomic E-state index is 12.1. The molecule has 5 nitrogen and oxygen atoms in total. The van der Waals surface area contributed by atoms with Crippen molar-refractivity contribution in [2.75, 3.05) is 11.9 Å². The van der Waals surface area contributed by atoms with E-state index in [9.17, 15) is 9.59 Å². The molecule has 0 aromatic carbocycles. The summed E-state index contributed by atoms with van der Waals surface area (Å²) in [5.74, 6) is -0.114. The van der Waals surface area contributed by atoms with Gasteiger partial charge in [-0.2, -0.15) is 0 Å². The van der Waals surface area contributed by atoms with Crippen molar-refractivity contribution in [3.63, 3.8) is 0 Å². The molecule has 1 aliphatic heterocycles. The Bertz CT molecular complexity index is 547. The molecular weight excluding hydrogens is 290 g/mol. The third-order valence-electron chi connectivity index (χ3n) is 4.40. The van der Waals surface area contributed by atoms with Gasteiger partial charge in [0.2, 0.25) is 5.91 Å². The van der Waals surface area contributed by atoms with Gasteiger partial charge in [0, 0.05) is 5.69 Å². The lowest BCUT2D eigenvalue weighted by Gasteiger charge is -2.11. The van der Waals surface area contributed by atoms with Crippen LogP contribution in [0.5, 0.6) is 0 Å². The van der Waals surface area contributed by atoms with E-state index in [4.69, 9.17) is 0 Å². The van der Waals surface area contributed by atoms with Gasteiger partial charge in [-0.1, -0.05) is 39.0 Å². The molecule has 1 aromatic heterocycles. The van der Waals surface area contributed by atoms with Crippen LogP contribution in [-0.2, 0) is 11.2 Å². The molecule has 1 unspecified atom stereocenters. The van der Waals surface area contributed by atoms with E-state index in [2.05, 4.69) is 22.5 Å². The Kier molecular flexibility index (Phi) is 7.33. The van der Waals surface area contributed by atoms with Crippen LogP contribution >= 0.6 is 0 Å². The molecule has 5 heteroatoms. The van der Waals surface area contributed by atoms with E-state index in [1.54, 1.807) is 6.07 Å². The average molecular weight is 319 g/mol. The number of hydrogen-bond donors (Lipinski definition) is 3. The third kappa shape index (κ3) is 5.82. The molecule has 1 aromatic rings. The quantitative estimate of drug-likeness (QED) is 0.613. The number of anilines is 1. The number of pyridine rings is 1. The van der Waals surface area contributed by atoms with Gasteiger partial charge in [-0.15, -0.1) is 0 Å². The lowest BCUT2D eigenvalue weighted by atomic mass is 10.1. The van der Waals surface area contributed by atoms with Crippen LogP contribution in [0.15, 0.2) is 16.9 Å². The second-order valence-corrected chi connectivity index (χ2v) is 6.38. The number of nitrogens with one attached hydrogen (secondary N) is 3. The van der Waals surface area contributed by atoms with Crippen LogP contribution < -0.4 is 16.2 Å². The lowest BCUT2D eigenvalue weighted by molar-refractivity contribution is -0.117. The Labute approximate surface area is 138 Å². The summed E-state index contributed by atoms with van der Waals surface area (Å²) in [5, 5.41) is 5.86. The number of carbonyl (C=O) groups is 1. The fourth-order valence-electron chi connectivity index (χ4n) is 2.98. The Hall–Kier alpha value is -1.62. The summed E-state index contributed by atoms with van der Waals surface area (Å²) in [6.07, 6.45) is 10.2. The van der Waals surface area contributed by atoms with Gasteiger partial charge < -0.3 is 15.6 Å². The van der Waals surface area contributed by atoms with Gasteiger partial charge in [-0.05, 0) is 44.4 Å². The molecule has 2 heterocycles. The Balaban J connectivity index is 1.78. The van der Waals surface area contributed by atoms with Crippen molar-refractivity contribution in [3.8, 4) is 0 Å². The van der Waals surface area contributed by atoms with Crippen molar-refractivity contribution in [2.45, 2.75) is 70.8 Å². The van der Waals surface area contributed by atoms with E-state index in [0.717, 1.165) is 37.9 Å². The average Bonchev–Trinajstić information content (AvgIpc) is 3.08. The highest BCUT2D eigenvalue weighted by molar-refractivity contribution is 5.94. The highest BCUT2D eigenvalue weighted by atomic mass is 16.2. The Morgan fingerprint density at radius 2 is 2.00 bits per heavy atom. The van der Waals surface area contributed by atoms with E-state index >= 15 is 0 Å². The summed E-state index contributed by atoms with van der Waals surface area (Å²) in [4.78, 5) is 27.0. The van der Waals surface area contributed by atoms with E-state index in [-0.39, 0.29) is 17.5 Å². The monoisotopic (exact) mass is 319 g/mol. The van der Waals surface area contributed by atoms with Gasteiger partial charge in [0.05, 0.1) is 6.04 Å². The van der Waals surface area contributed by atoms with Gasteiger partial charge in [-0.3, -0.25) is 9.59 Å². The van der Waals surface area contributed by atoms with Crippen LogP contribution in [0.2, 0.25) is 0 Å². The minimum atomic E-state index is -0.208. The van der Waals surface area contributed by atoms with Crippen LogP contribution in [0.3, 0.4) is 0 Å². The van der Waals surface area contributed by atoms with E-state index < -0.39 is 0 Å². The summed E-state index contributed by atoms with van der Waals surface area (Å²) in [7, 11) is 0. The molecule has 1 aliphatic rings. The zero-order valence-corrected chi connectivity index (χ0v) is 14.1.